The van der Waals surface area contributed by atoms with Gasteiger partial charge in [-0.15, -0.1) is 11.3 Å². The van der Waals surface area contributed by atoms with Gasteiger partial charge in [-0.3, -0.25) is 0 Å². The highest BCUT2D eigenvalue weighted by Crippen LogP contribution is 2.37. The minimum absolute atomic E-state index is 0.0801. The molecule has 0 saturated carbocycles. The summed E-state index contributed by atoms with van der Waals surface area (Å²) in [5, 5.41) is 1.47. The van der Waals surface area contributed by atoms with Gasteiger partial charge in [0.05, 0.1) is 24.1 Å². The Hall–Kier alpha value is -1.44. The largest absolute Gasteiger partial charge is 0.372 e. The molecule has 2 atom stereocenters. The first-order valence-corrected chi connectivity index (χ1v) is 9.32. The molecule has 0 aromatic carbocycles. The van der Waals surface area contributed by atoms with Gasteiger partial charge in [-0.1, -0.05) is 11.6 Å². The van der Waals surface area contributed by atoms with Gasteiger partial charge in [-0.2, -0.15) is 0 Å². The van der Waals surface area contributed by atoms with E-state index in [1.807, 2.05) is 23.6 Å². The standard InChI is InChI=1S/C16H19ClN4O2S/c1-9-5-21(6-10(2)23-9)16(22)20-4-3-11-12(7-20)24-15-13(11)14(17)18-8-19-15/h8-10H,3-7H2,1-2H3/t9-,10-/m1/s1. The van der Waals surface area contributed by atoms with Crippen LogP contribution in [0.4, 0.5) is 4.79 Å². The molecule has 0 N–H and O–H groups in total. The summed E-state index contributed by atoms with van der Waals surface area (Å²) in [6.45, 7) is 6.63. The van der Waals surface area contributed by atoms with Crippen LogP contribution >= 0.6 is 22.9 Å². The lowest BCUT2D eigenvalue weighted by Gasteiger charge is -2.39. The van der Waals surface area contributed by atoms with E-state index >= 15 is 0 Å². The number of hydrogen-bond donors (Lipinski definition) is 0. The second kappa shape index (κ2) is 6.13. The van der Waals surface area contributed by atoms with Crippen molar-refractivity contribution in [2.45, 2.75) is 39.0 Å². The van der Waals surface area contributed by atoms with Crippen LogP contribution in [-0.2, 0) is 17.7 Å². The number of aromatic nitrogens is 2. The van der Waals surface area contributed by atoms with Crippen LogP contribution in [0.25, 0.3) is 10.2 Å². The Morgan fingerprint density at radius 2 is 2.04 bits per heavy atom. The fourth-order valence-corrected chi connectivity index (χ4v) is 5.09. The molecule has 4 rings (SSSR count). The summed E-state index contributed by atoms with van der Waals surface area (Å²) in [6, 6.07) is 0.0947. The zero-order valence-corrected chi connectivity index (χ0v) is 15.2. The van der Waals surface area contributed by atoms with Crippen LogP contribution in [-0.4, -0.2) is 57.6 Å². The van der Waals surface area contributed by atoms with Crippen molar-refractivity contribution < 1.29 is 9.53 Å². The molecular formula is C16H19ClN4O2S. The molecule has 24 heavy (non-hydrogen) atoms. The zero-order valence-electron chi connectivity index (χ0n) is 13.7. The highest BCUT2D eigenvalue weighted by atomic mass is 35.5. The molecule has 1 saturated heterocycles. The summed E-state index contributed by atoms with van der Waals surface area (Å²) in [4.78, 5) is 27.2. The fraction of sp³-hybridized carbons (Fsp3) is 0.562. The summed E-state index contributed by atoms with van der Waals surface area (Å²) < 4.78 is 5.72. The van der Waals surface area contributed by atoms with Gasteiger partial charge in [0.2, 0.25) is 0 Å². The molecule has 1 fully saturated rings. The van der Waals surface area contributed by atoms with Gasteiger partial charge >= 0.3 is 6.03 Å². The van der Waals surface area contributed by atoms with Crippen molar-refractivity contribution in [3.63, 3.8) is 0 Å². The average Bonchev–Trinajstić information content (AvgIpc) is 2.92. The molecule has 8 heteroatoms. The van der Waals surface area contributed by atoms with E-state index in [9.17, 15) is 4.79 Å². The quantitative estimate of drug-likeness (QED) is 0.673. The normalized spacial score (nSPS) is 24.3. The van der Waals surface area contributed by atoms with Gasteiger partial charge in [-0.05, 0) is 25.8 Å². The number of ether oxygens (including phenoxy) is 1. The molecule has 0 radical (unpaired) electrons. The third-order valence-electron chi connectivity index (χ3n) is 4.55. The topological polar surface area (TPSA) is 58.6 Å². The molecule has 0 unspecified atom stereocenters. The molecule has 0 aliphatic carbocycles. The molecule has 2 aromatic heterocycles. The second-order valence-electron chi connectivity index (χ2n) is 6.46. The van der Waals surface area contributed by atoms with E-state index in [4.69, 9.17) is 16.3 Å². The van der Waals surface area contributed by atoms with Crippen LogP contribution in [0.15, 0.2) is 6.33 Å². The molecule has 4 heterocycles. The molecule has 128 valence electrons. The predicted octanol–water partition coefficient (Wildman–Crippen LogP) is 2.93. The Morgan fingerprint density at radius 1 is 1.29 bits per heavy atom. The van der Waals surface area contributed by atoms with Crippen molar-refractivity contribution in [2.24, 2.45) is 0 Å². The molecule has 2 aliphatic heterocycles. The Labute approximate surface area is 149 Å². The monoisotopic (exact) mass is 366 g/mol. The molecule has 2 aliphatic rings. The summed E-state index contributed by atoms with van der Waals surface area (Å²) >= 11 is 7.85. The van der Waals surface area contributed by atoms with Crippen LogP contribution in [0.2, 0.25) is 5.15 Å². The Kier molecular flexibility index (Phi) is 4.10. The van der Waals surface area contributed by atoms with Crippen molar-refractivity contribution in [1.82, 2.24) is 19.8 Å². The van der Waals surface area contributed by atoms with Crippen molar-refractivity contribution in [1.29, 1.82) is 0 Å². The SMILES string of the molecule is C[C@@H]1CN(C(=O)N2CCc3c(sc4ncnc(Cl)c34)C2)C[C@@H](C)O1. The molecule has 2 aromatic rings. The highest BCUT2D eigenvalue weighted by molar-refractivity contribution is 7.19. The summed E-state index contributed by atoms with van der Waals surface area (Å²) in [6.07, 6.45) is 2.45. The zero-order chi connectivity index (χ0) is 16.8. The van der Waals surface area contributed by atoms with Gasteiger partial charge in [0.15, 0.2) is 0 Å². The molecule has 0 spiro atoms. The van der Waals surface area contributed by atoms with E-state index in [2.05, 4.69) is 9.97 Å². The number of carbonyl (C=O) groups is 1. The van der Waals surface area contributed by atoms with Crippen LogP contribution in [0.1, 0.15) is 24.3 Å². The van der Waals surface area contributed by atoms with Gasteiger partial charge in [-0.25, -0.2) is 14.8 Å². The van der Waals surface area contributed by atoms with Crippen molar-refractivity contribution in [2.75, 3.05) is 19.6 Å². The average molecular weight is 367 g/mol. The second-order valence-corrected chi connectivity index (χ2v) is 7.91. The summed E-state index contributed by atoms with van der Waals surface area (Å²) in [5.74, 6) is 0. The third-order valence-corrected chi connectivity index (χ3v) is 5.96. The third kappa shape index (κ3) is 2.74. The Bertz CT molecular complexity index is 786. The maximum absolute atomic E-state index is 12.9. The number of carbonyl (C=O) groups excluding carboxylic acids is 1. The molecule has 2 amide bonds. The number of thiophene rings is 1. The first-order chi connectivity index (χ1) is 11.5. The number of rotatable bonds is 0. The van der Waals surface area contributed by atoms with E-state index in [-0.39, 0.29) is 18.2 Å². The van der Waals surface area contributed by atoms with E-state index < -0.39 is 0 Å². The lowest BCUT2D eigenvalue weighted by atomic mass is 10.1. The van der Waals surface area contributed by atoms with Crippen LogP contribution in [0, 0.1) is 0 Å². The van der Waals surface area contributed by atoms with Crippen LogP contribution in [0.5, 0.6) is 0 Å². The van der Waals surface area contributed by atoms with Crippen LogP contribution < -0.4 is 0 Å². The maximum atomic E-state index is 12.9. The predicted molar refractivity (Wildman–Crippen MR) is 93.5 cm³/mol. The van der Waals surface area contributed by atoms with Crippen molar-refractivity contribution >= 4 is 39.2 Å². The maximum Gasteiger partial charge on any atom is 0.320 e. The first kappa shape index (κ1) is 16.1. The number of morpholine rings is 1. The van der Waals surface area contributed by atoms with Crippen molar-refractivity contribution in [3.05, 3.63) is 21.9 Å². The number of hydrogen-bond acceptors (Lipinski definition) is 5. The number of nitrogens with zero attached hydrogens (tertiary/aromatic N) is 4. The van der Waals surface area contributed by atoms with Gasteiger partial charge < -0.3 is 14.5 Å². The Balaban J connectivity index is 1.57. The fourth-order valence-electron chi connectivity index (χ4n) is 3.59. The Morgan fingerprint density at radius 3 is 2.79 bits per heavy atom. The number of amides is 2. The molecular weight excluding hydrogens is 348 g/mol. The van der Waals surface area contributed by atoms with E-state index in [1.54, 1.807) is 11.3 Å². The number of urea groups is 1. The number of fused-ring (bicyclic) bond motifs is 3. The number of halogens is 1. The summed E-state index contributed by atoms with van der Waals surface area (Å²) in [7, 11) is 0. The first-order valence-electron chi connectivity index (χ1n) is 8.13. The van der Waals surface area contributed by atoms with Crippen LogP contribution in [0.3, 0.4) is 0 Å². The summed E-state index contributed by atoms with van der Waals surface area (Å²) in [5.41, 5.74) is 1.20. The van der Waals surface area contributed by atoms with Crippen molar-refractivity contribution in [3.8, 4) is 0 Å². The van der Waals surface area contributed by atoms with Gasteiger partial charge in [0.25, 0.3) is 0 Å². The highest BCUT2D eigenvalue weighted by Gasteiger charge is 2.32. The molecule has 0 bridgehead atoms. The lowest BCUT2D eigenvalue weighted by Crippen LogP contribution is -2.53. The smallest absolute Gasteiger partial charge is 0.320 e. The van der Waals surface area contributed by atoms with Gasteiger partial charge in [0, 0.05) is 24.5 Å². The lowest BCUT2D eigenvalue weighted by molar-refractivity contribution is -0.0585. The van der Waals surface area contributed by atoms with Gasteiger partial charge in [0.1, 0.15) is 16.3 Å². The minimum Gasteiger partial charge on any atom is -0.372 e. The van der Waals surface area contributed by atoms with E-state index in [0.717, 1.165) is 16.6 Å². The van der Waals surface area contributed by atoms with E-state index in [1.165, 1.54) is 16.8 Å². The van der Waals surface area contributed by atoms with E-state index in [0.29, 0.717) is 31.3 Å². The molecule has 6 nitrogen and oxygen atoms in total. The minimum atomic E-state index is 0.0801.